The van der Waals surface area contributed by atoms with E-state index < -0.39 is 0 Å². The first kappa shape index (κ1) is 15.0. The topological polar surface area (TPSA) is 45.1 Å². The summed E-state index contributed by atoms with van der Waals surface area (Å²) < 4.78 is 1.40. The highest BCUT2D eigenvalue weighted by Gasteiger charge is 2.09. The van der Waals surface area contributed by atoms with Gasteiger partial charge in [0.05, 0.1) is 14.0 Å². The van der Waals surface area contributed by atoms with Crippen molar-refractivity contribution in [3.8, 4) is 5.75 Å². The Bertz CT molecular complexity index is 523. The molecule has 0 amide bonds. The molecule has 2 rings (SSSR count). The van der Waals surface area contributed by atoms with Crippen LogP contribution in [0.5, 0.6) is 5.75 Å². The Morgan fingerprint density at radius 1 is 1.37 bits per heavy atom. The Labute approximate surface area is 133 Å². The number of aromatic nitrogens is 1. The molecule has 102 valence electrons. The first-order valence-electron chi connectivity index (χ1n) is 5.85. The molecule has 0 bridgehead atoms. The minimum absolute atomic E-state index is 0.236. The van der Waals surface area contributed by atoms with Gasteiger partial charge in [0, 0.05) is 30.6 Å². The summed E-state index contributed by atoms with van der Waals surface area (Å²) in [7, 11) is 0. The van der Waals surface area contributed by atoms with Gasteiger partial charge in [-0.3, -0.25) is 0 Å². The standard InChI is InChI=1S/C13H14Br2N2OS/c1-8(13-17-2-3-19-13)6-16-7-9-4-10(14)12(18)11(15)5-9/h2-5,8,16,18H,6-7H2,1H3. The number of hydrogen-bond acceptors (Lipinski definition) is 4. The largest absolute Gasteiger partial charge is 0.506 e. The van der Waals surface area contributed by atoms with E-state index in [1.54, 1.807) is 11.3 Å². The van der Waals surface area contributed by atoms with Crippen LogP contribution >= 0.6 is 43.2 Å². The average molecular weight is 406 g/mol. The Kier molecular flexibility index (Phi) is 5.38. The second-order valence-electron chi connectivity index (χ2n) is 4.31. The number of nitrogens with zero attached hydrogens (tertiary/aromatic N) is 1. The maximum absolute atomic E-state index is 9.65. The van der Waals surface area contributed by atoms with Crippen LogP contribution in [-0.4, -0.2) is 16.6 Å². The van der Waals surface area contributed by atoms with Crippen molar-refractivity contribution in [3.05, 3.63) is 43.2 Å². The zero-order chi connectivity index (χ0) is 13.8. The van der Waals surface area contributed by atoms with E-state index in [1.807, 2.05) is 23.7 Å². The molecule has 1 aromatic carbocycles. The average Bonchev–Trinajstić information content (AvgIpc) is 2.89. The van der Waals surface area contributed by atoms with Crippen molar-refractivity contribution >= 4 is 43.2 Å². The highest BCUT2D eigenvalue weighted by Crippen LogP contribution is 2.33. The SMILES string of the molecule is CC(CNCc1cc(Br)c(O)c(Br)c1)c1nccs1. The van der Waals surface area contributed by atoms with Crippen molar-refractivity contribution in [2.24, 2.45) is 0 Å². The predicted octanol–water partition coefficient (Wildman–Crippen LogP) is 4.27. The molecular weight excluding hydrogens is 392 g/mol. The molecule has 1 aromatic heterocycles. The number of aromatic hydroxyl groups is 1. The number of thiazole rings is 1. The minimum atomic E-state index is 0.236. The Morgan fingerprint density at radius 3 is 2.63 bits per heavy atom. The van der Waals surface area contributed by atoms with Crippen LogP contribution in [0.3, 0.4) is 0 Å². The summed E-state index contributed by atoms with van der Waals surface area (Å²) >= 11 is 8.35. The Morgan fingerprint density at radius 2 is 2.05 bits per heavy atom. The van der Waals surface area contributed by atoms with Gasteiger partial charge in [-0.05, 0) is 49.6 Å². The Balaban J connectivity index is 1.89. The number of halogens is 2. The highest BCUT2D eigenvalue weighted by molar-refractivity contribution is 9.11. The molecule has 2 aromatic rings. The van der Waals surface area contributed by atoms with Crippen molar-refractivity contribution in [1.29, 1.82) is 0 Å². The quantitative estimate of drug-likeness (QED) is 0.780. The van der Waals surface area contributed by atoms with E-state index in [2.05, 4.69) is 49.1 Å². The van der Waals surface area contributed by atoms with Gasteiger partial charge in [-0.2, -0.15) is 0 Å². The zero-order valence-electron chi connectivity index (χ0n) is 10.4. The molecule has 0 saturated carbocycles. The van der Waals surface area contributed by atoms with Crippen LogP contribution in [0.25, 0.3) is 0 Å². The normalized spacial score (nSPS) is 12.6. The van der Waals surface area contributed by atoms with Crippen LogP contribution in [0, 0.1) is 0 Å². The number of nitrogens with one attached hydrogen (secondary N) is 1. The van der Waals surface area contributed by atoms with Gasteiger partial charge in [-0.25, -0.2) is 4.98 Å². The van der Waals surface area contributed by atoms with E-state index in [9.17, 15) is 5.11 Å². The van der Waals surface area contributed by atoms with Crippen LogP contribution < -0.4 is 5.32 Å². The molecule has 1 unspecified atom stereocenters. The van der Waals surface area contributed by atoms with Gasteiger partial charge in [0.25, 0.3) is 0 Å². The molecule has 0 saturated heterocycles. The second kappa shape index (κ2) is 6.83. The molecular formula is C13H14Br2N2OS. The van der Waals surface area contributed by atoms with Gasteiger partial charge in [0.2, 0.25) is 0 Å². The summed E-state index contributed by atoms with van der Waals surface area (Å²) in [5.74, 6) is 0.643. The fourth-order valence-corrected chi connectivity index (χ4v) is 3.70. The van der Waals surface area contributed by atoms with E-state index in [0.29, 0.717) is 14.9 Å². The summed E-state index contributed by atoms with van der Waals surface area (Å²) in [5, 5.41) is 16.2. The van der Waals surface area contributed by atoms with Gasteiger partial charge in [-0.1, -0.05) is 6.92 Å². The third-order valence-corrected chi connectivity index (χ3v) is 4.95. The molecule has 1 heterocycles. The number of hydrogen-bond donors (Lipinski definition) is 2. The maximum atomic E-state index is 9.65. The molecule has 0 aliphatic heterocycles. The van der Waals surface area contributed by atoms with Crippen molar-refractivity contribution in [1.82, 2.24) is 10.3 Å². The van der Waals surface area contributed by atoms with Crippen LogP contribution in [0.1, 0.15) is 23.4 Å². The fourth-order valence-electron chi connectivity index (χ4n) is 1.72. The predicted molar refractivity (Wildman–Crippen MR) is 85.7 cm³/mol. The molecule has 19 heavy (non-hydrogen) atoms. The van der Waals surface area contributed by atoms with Crippen molar-refractivity contribution in [3.63, 3.8) is 0 Å². The van der Waals surface area contributed by atoms with E-state index >= 15 is 0 Å². The van der Waals surface area contributed by atoms with E-state index in [-0.39, 0.29) is 5.75 Å². The summed E-state index contributed by atoms with van der Waals surface area (Å²) in [6, 6.07) is 3.84. The highest BCUT2D eigenvalue weighted by atomic mass is 79.9. The number of rotatable bonds is 5. The minimum Gasteiger partial charge on any atom is -0.506 e. The lowest BCUT2D eigenvalue weighted by Crippen LogP contribution is -2.19. The van der Waals surface area contributed by atoms with Crippen molar-refractivity contribution in [2.75, 3.05) is 6.54 Å². The smallest absolute Gasteiger partial charge is 0.143 e. The van der Waals surface area contributed by atoms with E-state index in [1.165, 1.54) is 0 Å². The zero-order valence-corrected chi connectivity index (χ0v) is 14.3. The summed E-state index contributed by atoms with van der Waals surface area (Å²) in [4.78, 5) is 4.31. The molecule has 0 spiro atoms. The third kappa shape index (κ3) is 4.02. The lowest BCUT2D eigenvalue weighted by atomic mass is 10.1. The van der Waals surface area contributed by atoms with Gasteiger partial charge >= 0.3 is 0 Å². The molecule has 0 aliphatic rings. The monoisotopic (exact) mass is 404 g/mol. The summed E-state index contributed by atoms with van der Waals surface area (Å²) in [6.07, 6.45) is 1.84. The second-order valence-corrected chi connectivity index (χ2v) is 6.95. The van der Waals surface area contributed by atoms with Crippen molar-refractivity contribution < 1.29 is 5.11 Å². The van der Waals surface area contributed by atoms with Gasteiger partial charge in [0.15, 0.2) is 0 Å². The fraction of sp³-hybridized carbons (Fsp3) is 0.308. The van der Waals surface area contributed by atoms with E-state index in [4.69, 9.17) is 0 Å². The lowest BCUT2D eigenvalue weighted by Gasteiger charge is -2.11. The molecule has 6 heteroatoms. The van der Waals surface area contributed by atoms with Gasteiger partial charge < -0.3 is 10.4 Å². The third-order valence-electron chi connectivity index (χ3n) is 2.73. The van der Waals surface area contributed by atoms with Crippen LogP contribution in [-0.2, 0) is 6.54 Å². The maximum Gasteiger partial charge on any atom is 0.143 e. The van der Waals surface area contributed by atoms with E-state index in [0.717, 1.165) is 23.7 Å². The van der Waals surface area contributed by atoms with Gasteiger partial charge in [0.1, 0.15) is 5.75 Å². The lowest BCUT2D eigenvalue weighted by molar-refractivity contribution is 0.468. The van der Waals surface area contributed by atoms with Gasteiger partial charge in [-0.15, -0.1) is 11.3 Å². The molecule has 0 radical (unpaired) electrons. The Hall–Kier alpha value is -0.430. The molecule has 3 nitrogen and oxygen atoms in total. The van der Waals surface area contributed by atoms with Crippen LogP contribution in [0.2, 0.25) is 0 Å². The van der Waals surface area contributed by atoms with Crippen molar-refractivity contribution in [2.45, 2.75) is 19.4 Å². The van der Waals surface area contributed by atoms with Crippen LogP contribution in [0.15, 0.2) is 32.7 Å². The molecule has 0 aliphatic carbocycles. The number of phenols is 1. The molecule has 0 fully saturated rings. The summed E-state index contributed by atoms with van der Waals surface area (Å²) in [6.45, 7) is 3.80. The number of benzene rings is 1. The molecule has 1 atom stereocenters. The first-order valence-corrected chi connectivity index (χ1v) is 8.31. The number of phenolic OH excluding ortho intramolecular Hbond substituents is 1. The van der Waals surface area contributed by atoms with Crippen LogP contribution in [0.4, 0.5) is 0 Å². The first-order chi connectivity index (χ1) is 9.08. The molecule has 2 N–H and O–H groups in total. The summed E-state index contributed by atoms with van der Waals surface area (Å²) in [5.41, 5.74) is 1.11.